The van der Waals surface area contributed by atoms with Gasteiger partial charge in [0.2, 0.25) is 0 Å². The van der Waals surface area contributed by atoms with Gasteiger partial charge in [-0.15, -0.1) is 11.3 Å². The summed E-state index contributed by atoms with van der Waals surface area (Å²) < 4.78 is 1.18. The van der Waals surface area contributed by atoms with Crippen molar-refractivity contribution >= 4 is 33.2 Å². The number of para-hydroxylation sites is 1. The summed E-state index contributed by atoms with van der Waals surface area (Å²) in [5.74, 6) is 0. The molecule has 0 N–H and O–H groups in total. The highest BCUT2D eigenvalue weighted by Crippen LogP contribution is 2.28. The minimum Gasteiger partial charge on any atom is -0.252 e. The van der Waals surface area contributed by atoms with E-state index in [9.17, 15) is 0 Å². The zero-order valence-electron chi connectivity index (χ0n) is 8.22. The molecule has 0 aliphatic rings. The molecule has 3 rings (SSSR count). The van der Waals surface area contributed by atoms with Gasteiger partial charge in [0.1, 0.15) is 5.01 Å². The molecule has 0 unspecified atom stereocenters. The fourth-order valence-corrected chi connectivity index (χ4v) is 2.54. The minimum atomic E-state index is 0.643. The third kappa shape index (κ3) is 1.68. The summed E-state index contributed by atoms with van der Waals surface area (Å²) in [5, 5.41) is 1.57. The predicted molar refractivity (Wildman–Crippen MR) is 67.9 cm³/mol. The highest BCUT2D eigenvalue weighted by atomic mass is 35.5. The number of nitrogens with zero attached hydrogens (tertiary/aromatic N) is 2. The number of hydrogen-bond acceptors (Lipinski definition) is 3. The first-order chi connectivity index (χ1) is 7.83. The van der Waals surface area contributed by atoms with Crippen molar-refractivity contribution in [3.05, 3.63) is 47.6 Å². The van der Waals surface area contributed by atoms with Gasteiger partial charge in [0.25, 0.3) is 0 Å². The van der Waals surface area contributed by atoms with Crippen molar-refractivity contribution in [1.29, 1.82) is 0 Å². The molecule has 3 aromatic rings. The van der Waals surface area contributed by atoms with Gasteiger partial charge in [-0.25, -0.2) is 4.98 Å². The Hall–Kier alpha value is -1.45. The maximum atomic E-state index is 5.80. The topological polar surface area (TPSA) is 25.8 Å². The summed E-state index contributed by atoms with van der Waals surface area (Å²) in [4.78, 5) is 8.79. The lowest BCUT2D eigenvalue weighted by atomic mass is 10.3. The Morgan fingerprint density at radius 1 is 1.06 bits per heavy atom. The van der Waals surface area contributed by atoms with E-state index in [2.05, 4.69) is 16.0 Å². The van der Waals surface area contributed by atoms with Crippen molar-refractivity contribution in [2.75, 3.05) is 0 Å². The highest BCUT2D eigenvalue weighted by molar-refractivity contribution is 7.21. The molecule has 2 nitrogen and oxygen atoms in total. The number of thiazole rings is 1. The largest absolute Gasteiger partial charge is 0.252 e. The predicted octanol–water partition coefficient (Wildman–Crippen LogP) is 4.01. The van der Waals surface area contributed by atoms with Gasteiger partial charge < -0.3 is 0 Å². The SMILES string of the molecule is Clc1ccc(-c2nc3ccccc3s2)nc1. The fraction of sp³-hybridized carbons (Fsp3) is 0. The lowest BCUT2D eigenvalue weighted by Crippen LogP contribution is -1.80. The van der Waals surface area contributed by atoms with Gasteiger partial charge in [0, 0.05) is 6.20 Å². The summed E-state index contributed by atoms with van der Waals surface area (Å²) in [5.41, 5.74) is 1.88. The molecule has 0 radical (unpaired) electrons. The van der Waals surface area contributed by atoms with Crippen LogP contribution in [0.25, 0.3) is 20.9 Å². The van der Waals surface area contributed by atoms with Crippen molar-refractivity contribution in [3.63, 3.8) is 0 Å². The molecular weight excluding hydrogens is 240 g/mol. The van der Waals surface area contributed by atoms with Gasteiger partial charge in [-0.2, -0.15) is 0 Å². The van der Waals surface area contributed by atoms with Crippen LogP contribution in [0.4, 0.5) is 0 Å². The van der Waals surface area contributed by atoms with E-state index in [0.29, 0.717) is 5.02 Å². The molecule has 0 aliphatic heterocycles. The van der Waals surface area contributed by atoms with E-state index in [-0.39, 0.29) is 0 Å². The standard InChI is InChI=1S/C12H7ClN2S/c13-8-5-6-10(14-7-8)12-15-9-3-1-2-4-11(9)16-12/h1-7H. The van der Waals surface area contributed by atoms with Gasteiger partial charge in [-0.1, -0.05) is 23.7 Å². The summed E-state index contributed by atoms with van der Waals surface area (Å²) >= 11 is 7.44. The number of halogens is 1. The lowest BCUT2D eigenvalue weighted by molar-refractivity contribution is 1.31. The van der Waals surface area contributed by atoms with Crippen LogP contribution in [0.2, 0.25) is 5.02 Å². The molecule has 16 heavy (non-hydrogen) atoms. The fourth-order valence-electron chi connectivity index (χ4n) is 1.48. The van der Waals surface area contributed by atoms with E-state index in [1.165, 1.54) is 4.70 Å². The first-order valence-corrected chi connectivity index (χ1v) is 6.00. The first-order valence-electron chi connectivity index (χ1n) is 4.80. The smallest absolute Gasteiger partial charge is 0.143 e. The number of benzene rings is 1. The van der Waals surface area contributed by atoms with E-state index in [0.717, 1.165) is 16.2 Å². The van der Waals surface area contributed by atoms with Gasteiger partial charge >= 0.3 is 0 Å². The lowest BCUT2D eigenvalue weighted by Gasteiger charge is -1.93. The van der Waals surface area contributed by atoms with Crippen molar-refractivity contribution in [2.24, 2.45) is 0 Å². The average molecular weight is 247 g/mol. The van der Waals surface area contributed by atoms with Crippen LogP contribution in [-0.4, -0.2) is 9.97 Å². The summed E-state index contributed by atoms with van der Waals surface area (Å²) in [6.45, 7) is 0. The van der Waals surface area contributed by atoms with Crippen molar-refractivity contribution in [1.82, 2.24) is 9.97 Å². The molecule has 0 fully saturated rings. The third-order valence-electron chi connectivity index (χ3n) is 2.24. The first kappa shape index (κ1) is 9.75. The molecule has 0 atom stereocenters. The Balaban J connectivity index is 2.15. The van der Waals surface area contributed by atoms with E-state index >= 15 is 0 Å². The average Bonchev–Trinajstić information content (AvgIpc) is 2.73. The van der Waals surface area contributed by atoms with E-state index in [1.807, 2.05) is 30.3 Å². The molecule has 0 bridgehead atoms. The second-order valence-electron chi connectivity index (χ2n) is 3.35. The molecule has 0 amide bonds. The van der Waals surface area contributed by atoms with Crippen LogP contribution in [-0.2, 0) is 0 Å². The van der Waals surface area contributed by atoms with Crippen LogP contribution in [0.15, 0.2) is 42.6 Å². The number of fused-ring (bicyclic) bond motifs is 1. The van der Waals surface area contributed by atoms with Crippen LogP contribution in [0.1, 0.15) is 0 Å². The maximum absolute atomic E-state index is 5.80. The number of rotatable bonds is 1. The summed E-state index contributed by atoms with van der Waals surface area (Å²) in [6, 6.07) is 11.8. The molecular formula is C12H7ClN2S. The Morgan fingerprint density at radius 3 is 2.69 bits per heavy atom. The Bertz CT molecular complexity index is 598. The summed E-state index contributed by atoms with van der Waals surface area (Å²) in [6.07, 6.45) is 1.64. The number of hydrogen-bond donors (Lipinski definition) is 0. The van der Waals surface area contributed by atoms with Gasteiger partial charge in [-0.3, -0.25) is 4.98 Å². The Kier molecular flexibility index (Phi) is 2.35. The van der Waals surface area contributed by atoms with Crippen LogP contribution in [0.5, 0.6) is 0 Å². The van der Waals surface area contributed by atoms with Gasteiger partial charge in [0.15, 0.2) is 0 Å². The van der Waals surface area contributed by atoms with Crippen molar-refractivity contribution in [3.8, 4) is 10.7 Å². The molecule has 2 aromatic heterocycles. The quantitative estimate of drug-likeness (QED) is 0.648. The summed E-state index contributed by atoms with van der Waals surface area (Å²) in [7, 11) is 0. The van der Waals surface area contributed by atoms with Crippen LogP contribution in [0, 0.1) is 0 Å². The molecule has 0 saturated carbocycles. The van der Waals surface area contributed by atoms with E-state index < -0.39 is 0 Å². The second-order valence-corrected chi connectivity index (χ2v) is 4.82. The molecule has 4 heteroatoms. The minimum absolute atomic E-state index is 0.643. The molecule has 0 aliphatic carbocycles. The van der Waals surface area contributed by atoms with Crippen LogP contribution in [0.3, 0.4) is 0 Å². The van der Waals surface area contributed by atoms with Crippen LogP contribution < -0.4 is 0 Å². The number of aromatic nitrogens is 2. The molecule has 78 valence electrons. The third-order valence-corrected chi connectivity index (χ3v) is 3.52. The normalized spacial score (nSPS) is 10.8. The maximum Gasteiger partial charge on any atom is 0.143 e. The number of pyridine rings is 1. The zero-order valence-corrected chi connectivity index (χ0v) is 9.79. The van der Waals surface area contributed by atoms with E-state index in [1.54, 1.807) is 17.5 Å². The van der Waals surface area contributed by atoms with Crippen molar-refractivity contribution in [2.45, 2.75) is 0 Å². The van der Waals surface area contributed by atoms with Gasteiger partial charge in [0.05, 0.1) is 20.9 Å². The molecule has 0 saturated heterocycles. The highest BCUT2D eigenvalue weighted by Gasteiger charge is 2.06. The molecule has 2 heterocycles. The Morgan fingerprint density at radius 2 is 1.94 bits per heavy atom. The monoisotopic (exact) mass is 246 g/mol. The Labute approximate surface area is 102 Å². The van der Waals surface area contributed by atoms with Crippen molar-refractivity contribution < 1.29 is 0 Å². The second kappa shape index (κ2) is 3.85. The van der Waals surface area contributed by atoms with E-state index in [4.69, 9.17) is 11.6 Å². The molecule has 1 aromatic carbocycles. The van der Waals surface area contributed by atoms with Gasteiger partial charge in [-0.05, 0) is 24.3 Å². The zero-order chi connectivity index (χ0) is 11.0. The van der Waals surface area contributed by atoms with Crippen LogP contribution >= 0.6 is 22.9 Å². The molecule has 0 spiro atoms.